The van der Waals surface area contributed by atoms with Crippen molar-refractivity contribution in [2.75, 3.05) is 44.4 Å². The van der Waals surface area contributed by atoms with E-state index in [1.54, 1.807) is 0 Å². The van der Waals surface area contributed by atoms with Crippen LogP contribution in [0.25, 0.3) is 0 Å². The van der Waals surface area contributed by atoms with E-state index in [0.717, 1.165) is 16.2 Å². The topological polar surface area (TPSA) is 29.3 Å². The molecule has 126 valence electrons. The summed E-state index contributed by atoms with van der Waals surface area (Å²) in [6.45, 7) is 5.93. The number of rotatable bonds is 7. The molecule has 0 spiro atoms. The van der Waals surface area contributed by atoms with E-state index in [4.69, 9.17) is 5.73 Å². The van der Waals surface area contributed by atoms with Gasteiger partial charge in [0.25, 0.3) is 0 Å². The van der Waals surface area contributed by atoms with Crippen molar-refractivity contribution in [1.29, 1.82) is 0 Å². The van der Waals surface area contributed by atoms with Gasteiger partial charge in [-0.25, -0.2) is 0 Å². The highest BCUT2D eigenvalue weighted by molar-refractivity contribution is 5.53. The second-order valence-electron chi connectivity index (χ2n) is 7.04. The second-order valence-corrected chi connectivity index (χ2v) is 7.04. The average molecular weight is 417 g/mol. The summed E-state index contributed by atoms with van der Waals surface area (Å²) in [6.07, 6.45) is 6.74. The highest BCUT2D eigenvalue weighted by Gasteiger charge is 2.34. The normalized spacial score (nSPS) is 18.3. The highest BCUT2D eigenvalue weighted by Crippen LogP contribution is 2.26. The number of hydrogen-bond donors (Lipinski definition) is 1. The van der Waals surface area contributed by atoms with E-state index in [1.807, 2.05) is 12.1 Å². The zero-order valence-electron chi connectivity index (χ0n) is 14.4. The molecule has 1 heterocycles. The van der Waals surface area contributed by atoms with Crippen LogP contribution in [0.2, 0.25) is 0 Å². The molecular weight excluding hydrogens is 385 g/mol. The molecule has 1 aliphatic heterocycles. The number of nitrogens with zero attached hydrogens (tertiary/aromatic N) is 2. The Morgan fingerprint density at radius 1 is 1.14 bits per heavy atom. The molecule has 1 unspecified atom stereocenters. The molecule has 1 aromatic carbocycles. The van der Waals surface area contributed by atoms with Crippen LogP contribution in [0.4, 0.5) is 11.4 Å². The lowest BCUT2D eigenvalue weighted by Gasteiger charge is -2.36. The lowest BCUT2D eigenvalue weighted by Crippen LogP contribution is -3.00. The summed E-state index contributed by atoms with van der Waals surface area (Å²) in [6, 6.07) is 9.07. The minimum absolute atomic E-state index is 0. The Hall–Kier alpha value is -0.490. The zero-order valence-corrected chi connectivity index (χ0v) is 16.6. The Morgan fingerprint density at radius 3 is 2.45 bits per heavy atom. The predicted molar refractivity (Wildman–Crippen MR) is 92.6 cm³/mol. The van der Waals surface area contributed by atoms with Crippen molar-refractivity contribution in [3.05, 3.63) is 24.3 Å². The molecule has 0 amide bonds. The third-order valence-electron chi connectivity index (χ3n) is 5.00. The van der Waals surface area contributed by atoms with Gasteiger partial charge in [0.05, 0.1) is 27.2 Å². The average Bonchev–Trinajstić information content (AvgIpc) is 2.95. The van der Waals surface area contributed by atoms with Crippen molar-refractivity contribution in [2.24, 2.45) is 0 Å². The largest absolute Gasteiger partial charge is 1.00 e. The molecule has 0 aromatic heterocycles. The van der Waals surface area contributed by atoms with Gasteiger partial charge in [0, 0.05) is 24.3 Å². The Balaban J connectivity index is 0.00000242. The minimum atomic E-state index is 0. The first-order chi connectivity index (χ1) is 10.0. The first kappa shape index (κ1) is 19.6. The number of nitrogens with two attached hydrogens (primary N) is 1. The molecule has 2 rings (SSSR count). The van der Waals surface area contributed by atoms with Gasteiger partial charge >= 0.3 is 0 Å². The summed E-state index contributed by atoms with van der Waals surface area (Å²) in [5.74, 6) is 0. The quantitative estimate of drug-likeness (QED) is 0.303. The van der Waals surface area contributed by atoms with Gasteiger partial charge < -0.3 is 39.1 Å². The summed E-state index contributed by atoms with van der Waals surface area (Å²) < 4.78 is 1.16. The second kappa shape index (κ2) is 8.96. The molecule has 3 nitrogen and oxygen atoms in total. The maximum Gasteiger partial charge on any atom is 0.108 e. The van der Waals surface area contributed by atoms with Gasteiger partial charge in [-0.05, 0) is 37.1 Å². The summed E-state index contributed by atoms with van der Waals surface area (Å²) >= 11 is 0. The summed E-state index contributed by atoms with van der Waals surface area (Å²) in [5.41, 5.74) is 7.95. The number of likely N-dealkylation sites (N-methyl/N-ethyl adjacent to an activating group) is 1. The van der Waals surface area contributed by atoms with Crippen LogP contribution in [-0.4, -0.2) is 44.3 Å². The highest BCUT2D eigenvalue weighted by atomic mass is 127. The van der Waals surface area contributed by atoms with Crippen molar-refractivity contribution < 1.29 is 28.5 Å². The van der Waals surface area contributed by atoms with Crippen molar-refractivity contribution in [3.8, 4) is 0 Å². The SMILES string of the molecule is CCCCCC[N+](C)(C)C1CCN(c2ccc(N)cc2)C1.[I-]. The molecule has 1 aliphatic rings. The van der Waals surface area contributed by atoms with E-state index in [0.29, 0.717) is 0 Å². The van der Waals surface area contributed by atoms with Gasteiger partial charge in [0.2, 0.25) is 0 Å². The molecular formula is C18H32IN3. The van der Waals surface area contributed by atoms with Gasteiger partial charge in [0.15, 0.2) is 0 Å². The predicted octanol–water partition coefficient (Wildman–Crippen LogP) is 0.508. The molecule has 1 saturated heterocycles. The lowest BCUT2D eigenvalue weighted by atomic mass is 10.1. The van der Waals surface area contributed by atoms with E-state index in [1.165, 1.54) is 57.4 Å². The van der Waals surface area contributed by atoms with Crippen molar-refractivity contribution in [2.45, 2.75) is 45.1 Å². The fraction of sp³-hybridized carbons (Fsp3) is 0.667. The van der Waals surface area contributed by atoms with Crippen LogP contribution in [0.1, 0.15) is 39.0 Å². The van der Waals surface area contributed by atoms with Gasteiger partial charge in [0.1, 0.15) is 6.04 Å². The number of anilines is 2. The van der Waals surface area contributed by atoms with E-state index >= 15 is 0 Å². The maximum absolute atomic E-state index is 5.78. The van der Waals surface area contributed by atoms with Crippen LogP contribution in [-0.2, 0) is 0 Å². The number of nitrogen functional groups attached to an aromatic ring is 1. The van der Waals surface area contributed by atoms with E-state index in [2.05, 4.69) is 38.1 Å². The third kappa shape index (κ3) is 5.30. The van der Waals surface area contributed by atoms with Crippen LogP contribution >= 0.6 is 0 Å². The number of hydrogen-bond acceptors (Lipinski definition) is 2. The van der Waals surface area contributed by atoms with Crippen molar-refractivity contribution in [3.63, 3.8) is 0 Å². The van der Waals surface area contributed by atoms with Crippen LogP contribution in [0, 0.1) is 0 Å². The molecule has 0 aliphatic carbocycles. The number of halogens is 1. The van der Waals surface area contributed by atoms with Crippen LogP contribution < -0.4 is 34.6 Å². The summed E-state index contributed by atoms with van der Waals surface area (Å²) in [4.78, 5) is 2.51. The van der Waals surface area contributed by atoms with Gasteiger partial charge in [-0.15, -0.1) is 0 Å². The van der Waals surface area contributed by atoms with E-state index < -0.39 is 0 Å². The maximum atomic E-state index is 5.78. The van der Waals surface area contributed by atoms with Crippen LogP contribution in [0.15, 0.2) is 24.3 Å². The number of quaternary nitrogens is 1. The van der Waals surface area contributed by atoms with Gasteiger partial charge in [-0.3, -0.25) is 0 Å². The molecule has 0 saturated carbocycles. The minimum Gasteiger partial charge on any atom is -1.00 e. The number of unbranched alkanes of at least 4 members (excludes halogenated alkanes) is 3. The van der Waals surface area contributed by atoms with Gasteiger partial charge in [-0.2, -0.15) is 0 Å². The number of benzene rings is 1. The van der Waals surface area contributed by atoms with Crippen molar-refractivity contribution in [1.82, 2.24) is 0 Å². The fourth-order valence-corrected chi connectivity index (χ4v) is 3.36. The first-order valence-corrected chi connectivity index (χ1v) is 8.46. The Bertz CT molecular complexity index is 430. The molecule has 1 aromatic rings. The smallest absolute Gasteiger partial charge is 0.108 e. The molecule has 4 heteroatoms. The first-order valence-electron chi connectivity index (χ1n) is 8.46. The fourth-order valence-electron chi connectivity index (χ4n) is 3.36. The van der Waals surface area contributed by atoms with E-state index in [9.17, 15) is 0 Å². The molecule has 22 heavy (non-hydrogen) atoms. The van der Waals surface area contributed by atoms with E-state index in [-0.39, 0.29) is 24.0 Å². The van der Waals surface area contributed by atoms with Gasteiger partial charge in [-0.1, -0.05) is 19.8 Å². The Morgan fingerprint density at radius 2 is 1.82 bits per heavy atom. The van der Waals surface area contributed by atoms with Crippen molar-refractivity contribution >= 4 is 11.4 Å². The molecule has 0 radical (unpaired) electrons. The zero-order chi connectivity index (χ0) is 15.3. The standard InChI is InChI=1S/C18H32N3.HI/c1-4-5-6-7-14-21(2,3)18-12-13-20(15-18)17-10-8-16(19)9-11-17;/h8-11,18H,4-7,12-15,19H2,1-3H3;1H/q+1;/p-1. The molecule has 1 fully saturated rings. The van der Waals surface area contributed by atoms with Crippen LogP contribution in [0.3, 0.4) is 0 Å². The van der Waals surface area contributed by atoms with Crippen LogP contribution in [0.5, 0.6) is 0 Å². The summed E-state index contributed by atoms with van der Waals surface area (Å²) in [7, 11) is 4.81. The molecule has 0 bridgehead atoms. The Labute approximate surface area is 153 Å². The molecule has 1 atom stereocenters. The molecule has 2 N–H and O–H groups in total. The monoisotopic (exact) mass is 417 g/mol. The third-order valence-corrected chi connectivity index (χ3v) is 5.00. The lowest BCUT2D eigenvalue weighted by molar-refractivity contribution is -0.912. The summed E-state index contributed by atoms with van der Waals surface area (Å²) in [5, 5.41) is 0. The Kier molecular flexibility index (Phi) is 7.97.